The molecule has 0 bridgehead atoms. The second-order valence-corrected chi connectivity index (χ2v) is 6.74. The van der Waals surface area contributed by atoms with Gasteiger partial charge >= 0.3 is 0 Å². The molecular weight excluding hydrogens is 372 g/mol. The highest BCUT2D eigenvalue weighted by Gasteiger charge is 2.24. The normalized spacial score (nSPS) is 10.8. The van der Waals surface area contributed by atoms with Gasteiger partial charge in [0.25, 0.3) is 5.91 Å². The Hall–Kier alpha value is -2.83. The van der Waals surface area contributed by atoms with Gasteiger partial charge in [-0.25, -0.2) is 4.98 Å². The smallest absolute Gasteiger partial charge is 0.296 e. The second-order valence-electron chi connectivity index (χ2n) is 5.47. The molecule has 0 aliphatic rings. The second kappa shape index (κ2) is 7.19. The molecule has 0 saturated carbocycles. The van der Waals surface area contributed by atoms with Crippen molar-refractivity contribution in [2.45, 2.75) is 6.54 Å². The van der Waals surface area contributed by atoms with Crippen molar-refractivity contribution >= 4 is 34.0 Å². The minimum Gasteiger partial charge on any atom is -0.467 e. The van der Waals surface area contributed by atoms with E-state index in [1.807, 2.05) is 35.7 Å². The summed E-state index contributed by atoms with van der Waals surface area (Å²) in [6, 6.07) is 14.3. The molecule has 0 saturated heterocycles. The van der Waals surface area contributed by atoms with Crippen LogP contribution in [-0.2, 0) is 6.54 Å². The molecule has 3 aromatic heterocycles. The monoisotopic (exact) mass is 384 g/mol. The molecule has 1 aromatic carbocycles. The summed E-state index contributed by atoms with van der Waals surface area (Å²) in [5.74, 6) is 0.636. The zero-order valence-corrected chi connectivity index (χ0v) is 15.0. The summed E-state index contributed by atoms with van der Waals surface area (Å²) >= 11 is 7.32. The van der Waals surface area contributed by atoms with Crippen molar-refractivity contribution in [3.05, 3.63) is 83.0 Å². The predicted molar refractivity (Wildman–Crippen MR) is 100 cm³/mol. The van der Waals surface area contributed by atoms with Crippen molar-refractivity contribution in [2.75, 3.05) is 4.90 Å². The molecule has 4 rings (SSSR count). The molecule has 0 fully saturated rings. The number of hydrogen-bond donors (Lipinski definition) is 0. The molecule has 0 unspecified atom stereocenters. The van der Waals surface area contributed by atoms with Crippen LogP contribution < -0.4 is 4.90 Å². The van der Waals surface area contributed by atoms with Crippen LogP contribution in [0.5, 0.6) is 0 Å². The number of aromatic nitrogens is 1. The number of carbonyl (C=O) groups excluding carboxylic acids is 1. The van der Waals surface area contributed by atoms with Gasteiger partial charge in [0.05, 0.1) is 24.8 Å². The first-order valence-corrected chi connectivity index (χ1v) is 9.06. The molecule has 0 N–H and O–H groups in total. The average molecular weight is 385 g/mol. The summed E-state index contributed by atoms with van der Waals surface area (Å²) in [7, 11) is 0. The summed E-state index contributed by atoms with van der Waals surface area (Å²) in [6.07, 6.45) is 3.05. The lowest BCUT2D eigenvalue weighted by molar-refractivity contribution is 0.0956. The minimum absolute atomic E-state index is 0.250. The van der Waals surface area contributed by atoms with Crippen LogP contribution in [0.4, 0.5) is 5.13 Å². The summed E-state index contributed by atoms with van der Waals surface area (Å²) in [5, 5.41) is 3.13. The Bertz CT molecular complexity index is 992. The highest BCUT2D eigenvalue weighted by Crippen LogP contribution is 2.30. The Morgan fingerprint density at radius 2 is 1.85 bits per heavy atom. The third kappa shape index (κ3) is 3.42. The number of benzene rings is 1. The van der Waals surface area contributed by atoms with Crippen LogP contribution >= 0.6 is 22.9 Å². The molecule has 0 atom stereocenters. The highest BCUT2D eigenvalue weighted by molar-refractivity contribution is 7.14. The van der Waals surface area contributed by atoms with Gasteiger partial charge in [-0.2, -0.15) is 0 Å². The van der Waals surface area contributed by atoms with Gasteiger partial charge in [0.1, 0.15) is 5.76 Å². The van der Waals surface area contributed by atoms with Crippen molar-refractivity contribution < 1.29 is 13.6 Å². The Morgan fingerprint density at radius 3 is 2.54 bits per heavy atom. The van der Waals surface area contributed by atoms with Gasteiger partial charge in [-0.05, 0) is 36.4 Å². The number of nitrogens with zero attached hydrogens (tertiary/aromatic N) is 2. The number of furan rings is 2. The number of thiazole rings is 1. The van der Waals surface area contributed by atoms with Crippen LogP contribution in [-0.4, -0.2) is 10.9 Å². The molecule has 0 aliphatic carbocycles. The number of rotatable bonds is 5. The fourth-order valence-electron chi connectivity index (χ4n) is 2.46. The van der Waals surface area contributed by atoms with Crippen molar-refractivity contribution in [1.29, 1.82) is 0 Å². The van der Waals surface area contributed by atoms with E-state index in [2.05, 4.69) is 4.98 Å². The maximum Gasteiger partial charge on any atom is 0.296 e. The molecule has 1 amide bonds. The third-order valence-corrected chi connectivity index (χ3v) is 4.85. The first kappa shape index (κ1) is 16.6. The van der Waals surface area contributed by atoms with Crippen molar-refractivity contribution in [2.24, 2.45) is 0 Å². The van der Waals surface area contributed by atoms with Crippen LogP contribution in [0.3, 0.4) is 0 Å². The third-order valence-electron chi connectivity index (χ3n) is 3.73. The molecule has 130 valence electrons. The van der Waals surface area contributed by atoms with E-state index in [1.54, 1.807) is 29.4 Å². The fraction of sp³-hybridized carbons (Fsp3) is 0.0526. The van der Waals surface area contributed by atoms with E-state index in [-0.39, 0.29) is 18.2 Å². The summed E-state index contributed by atoms with van der Waals surface area (Å²) in [4.78, 5) is 19.0. The number of anilines is 1. The average Bonchev–Trinajstić information content (AvgIpc) is 3.42. The lowest BCUT2D eigenvalue weighted by Gasteiger charge is -2.17. The Kier molecular flexibility index (Phi) is 4.60. The topological polar surface area (TPSA) is 59.5 Å². The number of halogens is 1. The van der Waals surface area contributed by atoms with Crippen LogP contribution in [0.15, 0.2) is 75.3 Å². The fourth-order valence-corrected chi connectivity index (χ4v) is 3.42. The minimum atomic E-state index is -0.275. The Labute approximate surface area is 158 Å². The van der Waals surface area contributed by atoms with E-state index in [0.29, 0.717) is 15.9 Å². The summed E-state index contributed by atoms with van der Waals surface area (Å²) < 4.78 is 10.7. The van der Waals surface area contributed by atoms with E-state index < -0.39 is 0 Å². The van der Waals surface area contributed by atoms with E-state index in [0.717, 1.165) is 11.3 Å². The number of hydrogen-bond acceptors (Lipinski definition) is 5. The van der Waals surface area contributed by atoms with Crippen molar-refractivity contribution in [3.63, 3.8) is 0 Å². The van der Waals surface area contributed by atoms with Gasteiger partial charge in [0.2, 0.25) is 0 Å². The molecule has 4 aromatic rings. The summed E-state index contributed by atoms with van der Waals surface area (Å²) in [6.45, 7) is 0.264. The van der Waals surface area contributed by atoms with Gasteiger partial charge < -0.3 is 8.83 Å². The molecule has 0 radical (unpaired) electrons. The quantitative estimate of drug-likeness (QED) is 0.456. The molecule has 26 heavy (non-hydrogen) atoms. The van der Waals surface area contributed by atoms with Crippen LogP contribution in [0.25, 0.3) is 11.3 Å². The predicted octanol–water partition coefficient (Wildman–Crippen LogP) is 5.50. The largest absolute Gasteiger partial charge is 0.467 e. The molecule has 0 aliphatic heterocycles. The zero-order valence-electron chi connectivity index (χ0n) is 13.5. The molecule has 3 heterocycles. The van der Waals surface area contributed by atoms with E-state index >= 15 is 0 Å². The summed E-state index contributed by atoms with van der Waals surface area (Å²) in [5.41, 5.74) is 1.71. The standard InChI is InChI=1S/C19H13ClN2O3S/c20-14-7-5-13(6-8-14)16-12-26-19(21-16)22(11-15-3-1-9-24-15)18(23)17-4-2-10-25-17/h1-10,12H,11H2. The highest BCUT2D eigenvalue weighted by atomic mass is 35.5. The maximum absolute atomic E-state index is 12.9. The first-order valence-electron chi connectivity index (χ1n) is 7.80. The first-order chi connectivity index (χ1) is 12.7. The van der Waals surface area contributed by atoms with Crippen LogP contribution in [0, 0.1) is 0 Å². The van der Waals surface area contributed by atoms with Gasteiger partial charge in [-0.3, -0.25) is 9.69 Å². The molecule has 5 nitrogen and oxygen atoms in total. The Morgan fingerprint density at radius 1 is 1.08 bits per heavy atom. The van der Waals surface area contributed by atoms with Gasteiger partial charge in [-0.15, -0.1) is 11.3 Å². The van der Waals surface area contributed by atoms with E-state index in [1.165, 1.54) is 17.6 Å². The van der Waals surface area contributed by atoms with E-state index in [9.17, 15) is 4.79 Å². The van der Waals surface area contributed by atoms with Crippen molar-refractivity contribution in [3.8, 4) is 11.3 Å². The molecule has 7 heteroatoms. The molecular formula is C19H13ClN2O3S. The van der Waals surface area contributed by atoms with Gasteiger partial charge in [0, 0.05) is 16.0 Å². The number of carbonyl (C=O) groups is 1. The van der Waals surface area contributed by atoms with Crippen molar-refractivity contribution in [1.82, 2.24) is 4.98 Å². The SMILES string of the molecule is O=C(c1ccco1)N(Cc1ccco1)c1nc(-c2ccc(Cl)cc2)cs1. The Balaban J connectivity index is 1.67. The zero-order chi connectivity index (χ0) is 17.9. The lowest BCUT2D eigenvalue weighted by atomic mass is 10.2. The lowest BCUT2D eigenvalue weighted by Crippen LogP contribution is -2.29. The van der Waals surface area contributed by atoms with Crippen LogP contribution in [0.2, 0.25) is 5.02 Å². The molecule has 0 spiro atoms. The van der Waals surface area contributed by atoms with E-state index in [4.69, 9.17) is 20.4 Å². The maximum atomic E-state index is 12.9. The van der Waals surface area contributed by atoms with Gasteiger partial charge in [0.15, 0.2) is 10.9 Å². The van der Waals surface area contributed by atoms with Gasteiger partial charge in [-0.1, -0.05) is 23.7 Å². The van der Waals surface area contributed by atoms with Crippen LogP contribution in [0.1, 0.15) is 16.3 Å². The number of amides is 1.